The second-order valence-corrected chi connectivity index (χ2v) is 3.27. The molecular weight excluding hydrogens is 180 g/mol. The Morgan fingerprint density at radius 1 is 1.43 bits per heavy atom. The number of rotatable bonds is 2. The van der Waals surface area contributed by atoms with Gasteiger partial charge in [-0.05, 0) is 18.6 Å². The van der Waals surface area contributed by atoms with Crippen LogP contribution in [-0.4, -0.2) is 11.1 Å². The van der Waals surface area contributed by atoms with Crippen molar-refractivity contribution in [2.24, 2.45) is 0 Å². The Labute approximate surface area is 81.0 Å². The minimum absolute atomic E-state index is 0.0106. The highest BCUT2D eigenvalue weighted by Crippen LogP contribution is 2.23. The van der Waals surface area contributed by atoms with E-state index in [-0.39, 0.29) is 6.42 Å². The van der Waals surface area contributed by atoms with Gasteiger partial charge >= 0.3 is 5.97 Å². The van der Waals surface area contributed by atoms with E-state index in [1.807, 2.05) is 25.1 Å². The standard InChI is InChI=1S/C11H10O3/c1-7-2-3-8-4-5-14-11(8)9(7)6-10(12)13/h2-5H,6H2,1H3,(H,12,13). The summed E-state index contributed by atoms with van der Waals surface area (Å²) in [5, 5.41) is 9.70. The van der Waals surface area contributed by atoms with E-state index in [9.17, 15) is 4.79 Å². The van der Waals surface area contributed by atoms with Crippen LogP contribution in [0.3, 0.4) is 0 Å². The maximum atomic E-state index is 10.6. The van der Waals surface area contributed by atoms with Gasteiger partial charge in [0.1, 0.15) is 5.58 Å². The summed E-state index contributed by atoms with van der Waals surface area (Å²) >= 11 is 0. The highest BCUT2D eigenvalue weighted by atomic mass is 16.4. The number of hydrogen-bond donors (Lipinski definition) is 1. The van der Waals surface area contributed by atoms with Crippen molar-refractivity contribution in [3.05, 3.63) is 35.6 Å². The van der Waals surface area contributed by atoms with Crippen LogP contribution >= 0.6 is 0 Å². The first kappa shape index (κ1) is 8.81. The van der Waals surface area contributed by atoms with Crippen molar-refractivity contribution in [1.29, 1.82) is 0 Å². The number of benzene rings is 1. The first-order valence-electron chi connectivity index (χ1n) is 4.36. The molecule has 0 radical (unpaired) electrons. The third kappa shape index (κ3) is 1.37. The summed E-state index contributed by atoms with van der Waals surface area (Å²) in [6.07, 6.45) is 1.59. The van der Waals surface area contributed by atoms with Crippen molar-refractivity contribution in [1.82, 2.24) is 0 Å². The molecule has 0 aliphatic carbocycles. The van der Waals surface area contributed by atoms with Gasteiger partial charge in [0.15, 0.2) is 0 Å². The Kier molecular flexibility index (Phi) is 2.00. The van der Waals surface area contributed by atoms with Gasteiger partial charge in [-0.15, -0.1) is 0 Å². The molecule has 2 rings (SSSR count). The molecule has 3 heteroatoms. The van der Waals surface area contributed by atoms with E-state index in [0.29, 0.717) is 5.58 Å². The molecule has 1 N–H and O–H groups in total. The highest BCUT2D eigenvalue weighted by molar-refractivity contribution is 5.85. The molecule has 0 fully saturated rings. The predicted molar refractivity (Wildman–Crippen MR) is 52.3 cm³/mol. The van der Waals surface area contributed by atoms with Crippen molar-refractivity contribution < 1.29 is 14.3 Å². The lowest BCUT2D eigenvalue weighted by Crippen LogP contribution is -2.02. The van der Waals surface area contributed by atoms with E-state index in [4.69, 9.17) is 9.52 Å². The monoisotopic (exact) mass is 190 g/mol. The van der Waals surface area contributed by atoms with Crippen LogP contribution in [0.25, 0.3) is 11.0 Å². The number of carboxylic acid groups (broad SMARTS) is 1. The number of fused-ring (bicyclic) bond motifs is 1. The molecule has 0 aliphatic rings. The predicted octanol–water partition coefficient (Wildman–Crippen LogP) is 2.37. The van der Waals surface area contributed by atoms with Gasteiger partial charge in [-0.3, -0.25) is 4.79 Å². The molecule has 72 valence electrons. The Morgan fingerprint density at radius 3 is 2.93 bits per heavy atom. The van der Waals surface area contributed by atoms with Crippen LogP contribution in [0.1, 0.15) is 11.1 Å². The maximum Gasteiger partial charge on any atom is 0.307 e. The van der Waals surface area contributed by atoms with E-state index in [2.05, 4.69) is 0 Å². The van der Waals surface area contributed by atoms with Gasteiger partial charge in [-0.2, -0.15) is 0 Å². The van der Waals surface area contributed by atoms with Crippen LogP contribution < -0.4 is 0 Å². The smallest absolute Gasteiger partial charge is 0.307 e. The molecular formula is C11H10O3. The van der Waals surface area contributed by atoms with Crippen LogP contribution in [0.2, 0.25) is 0 Å². The van der Waals surface area contributed by atoms with Gasteiger partial charge in [-0.1, -0.05) is 12.1 Å². The topological polar surface area (TPSA) is 50.4 Å². The summed E-state index contributed by atoms with van der Waals surface area (Å²) in [5.74, 6) is -0.836. The van der Waals surface area contributed by atoms with E-state index in [1.54, 1.807) is 6.26 Å². The summed E-state index contributed by atoms with van der Waals surface area (Å²) in [6, 6.07) is 5.68. The van der Waals surface area contributed by atoms with Crippen LogP contribution in [0.5, 0.6) is 0 Å². The molecule has 0 atom stereocenters. The number of carboxylic acids is 1. The van der Waals surface area contributed by atoms with E-state index in [1.165, 1.54) is 0 Å². The van der Waals surface area contributed by atoms with Crippen molar-refractivity contribution in [2.75, 3.05) is 0 Å². The number of furan rings is 1. The third-order valence-corrected chi connectivity index (χ3v) is 2.29. The van der Waals surface area contributed by atoms with Gasteiger partial charge in [-0.25, -0.2) is 0 Å². The lowest BCUT2D eigenvalue weighted by atomic mass is 10.0. The summed E-state index contributed by atoms with van der Waals surface area (Å²) in [7, 11) is 0. The van der Waals surface area contributed by atoms with Crippen LogP contribution in [0.15, 0.2) is 28.9 Å². The average Bonchev–Trinajstić information content (AvgIpc) is 2.57. The molecule has 0 amide bonds. The Hall–Kier alpha value is -1.77. The molecule has 0 aliphatic heterocycles. The van der Waals surface area contributed by atoms with Gasteiger partial charge in [0.25, 0.3) is 0 Å². The zero-order chi connectivity index (χ0) is 10.1. The van der Waals surface area contributed by atoms with Crippen molar-refractivity contribution in [3.63, 3.8) is 0 Å². The van der Waals surface area contributed by atoms with Crippen molar-refractivity contribution >= 4 is 16.9 Å². The molecule has 0 bridgehead atoms. The SMILES string of the molecule is Cc1ccc2ccoc2c1CC(=O)O. The van der Waals surface area contributed by atoms with Crippen LogP contribution in [0, 0.1) is 6.92 Å². The molecule has 2 aromatic rings. The Balaban J connectivity index is 2.64. The van der Waals surface area contributed by atoms with Gasteiger partial charge in [0.2, 0.25) is 0 Å². The van der Waals surface area contributed by atoms with E-state index < -0.39 is 5.97 Å². The second-order valence-electron chi connectivity index (χ2n) is 3.27. The molecule has 0 spiro atoms. The minimum atomic E-state index is -0.836. The Bertz CT molecular complexity index is 482. The average molecular weight is 190 g/mol. The summed E-state index contributed by atoms with van der Waals surface area (Å²) < 4.78 is 5.27. The van der Waals surface area contributed by atoms with Crippen LogP contribution in [-0.2, 0) is 11.2 Å². The summed E-state index contributed by atoms with van der Waals surface area (Å²) in [5.41, 5.74) is 2.40. The van der Waals surface area contributed by atoms with Gasteiger partial charge in [0, 0.05) is 10.9 Å². The van der Waals surface area contributed by atoms with E-state index in [0.717, 1.165) is 16.5 Å². The zero-order valence-electron chi connectivity index (χ0n) is 7.78. The Morgan fingerprint density at radius 2 is 2.21 bits per heavy atom. The fourth-order valence-corrected chi connectivity index (χ4v) is 1.56. The number of carbonyl (C=O) groups is 1. The quantitative estimate of drug-likeness (QED) is 0.790. The molecule has 14 heavy (non-hydrogen) atoms. The summed E-state index contributed by atoms with van der Waals surface area (Å²) in [6.45, 7) is 1.89. The maximum absolute atomic E-state index is 10.6. The molecule has 0 saturated carbocycles. The molecule has 0 saturated heterocycles. The molecule has 3 nitrogen and oxygen atoms in total. The van der Waals surface area contributed by atoms with Gasteiger partial charge in [0.05, 0.1) is 12.7 Å². The fourth-order valence-electron chi connectivity index (χ4n) is 1.56. The normalized spacial score (nSPS) is 10.6. The van der Waals surface area contributed by atoms with Crippen molar-refractivity contribution in [2.45, 2.75) is 13.3 Å². The molecule has 0 unspecified atom stereocenters. The van der Waals surface area contributed by atoms with Crippen LogP contribution in [0.4, 0.5) is 0 Å². The van der Waals surface area contributed by atoms with Gasteiger partial charge < -0.3 is 9.52 Å². The third-order valence-electron chi connectivity index (χ3n) is 2.29. The first-order chi connectivity index (χ1) is 6.68. The first-order valence-corrected chi connectivity index (χ1v) is 4.36. The highest BCUT2D eigenvalue weighted by Gasteiger charge is 2.10. The molecule has 1 heterocycles. The van der Waals surface area contributed by atoms with E-state index >= 15 is 0 Å². The molecule has 1 aromatic heterocycles. The van der Waals surface area contributed by atoms with Crippen molar-refractivity contribution in [3.8, 4) is 0 Å². The minimum Gasteiger partial charge on any atom is -0.481 e. The largest absolute Gasteiger partial charge is 0.481 e. The fraction of sp³-hybridized carbons (Fsp3) is 0.182. The molecule has 1 aromatic carbocycles. The number of aliphatic carboxylic acids is 1. The number of hydrogen-bond acceptors (Lipinski definition) is 2. The lowest BCUT2D eigenvalue weighted by molar-refractivity contribution is -0.136. The number of aryl methyl sites for hydroxylation is 1. The summed E-state index contributed by atoms with van der Waals surface area (Å²) in [4.78, 5) is 10.6. The lowest BCUT2D eigenvalue weighted by Gasteiger charge is -2.02. The zero-order valence-corrected chi connectivity index (χ0v) is 7.78. The second kappa shape index (κ2) is 3.18.